The van der Waals surface area contributed by atoms with Crippen molar-refractivity contribution >= 4 is 41.6 Å². The lowest BCUT2D eigenvalue weighted by molar-refractivity contribution is -0.116. The van der Waals surface area contributed by atoms with E-state index in [0.717, 1.165) is 10.5 Å². The summed E-state index contributed by atoms with van der Waals surface area (Å²) in [6, 6.07) is 5.27. The van der Waals surface area contributed by atoms with E-state index in [4.69, 9.17) is 23.2 Å². The zero-order valence-electron chi connectivity index (χ0n) is 6.76. The lowest BCUT2D eigenvalue weighted by Gasteiger charge is -2.02. The molecule has 0 unspecified atom stereocenters. The van der Waals surface area contributed by atoms with Gasteiger partial charge in [0.1, 0.15) is 0 Å². The first-order chi connectivity index (χ1) is 6.13. The number of benzene rings is 1. The molecule has 0 spiro atoms. The predicted octanol–water partition coefficient (Wildman–Crippen LogP) is 2.98. The normalized spacial score (nSPS) is 10.1. The van der Waals surface area contributed by atoms with E-state index in [2.05, 4.69) is 12.6 Å². The largest absolute Gasteiger partial charge is 0.298 e. The molecular weight excluding hydrogens is 227 g/mol. The second-order valence-corrected chi connectivity index (χ2v) is 3.82. The number of hydrogen-bond acceptors (Lipinski definition) is 2. The Labute approximate surface area is 92.4 Å². The highest BCUT2D eigenvalue weighted by Crippen LogP contribution is 2.20. The predicted molar refractivity (Wildman–Crippen MR) is 58.1 cm³/mol. The molecule has 0 heterocycles. The van der Waals surface area contributed by atoms with Gasteiger partial charge in [0, 0.05) is 16.3 Å². The van der Waals surface area contributed by atoms with E-state index in [9.17, 15) is 4.79 Å². The van der Waals surface area contributed by atoms with Crippen molar-refractivity contribution in [1.29, 1.82) is 0 Å². The van der Waals surface area contributed by atoms with Gasteiger partial charge < -0.3 is 0 Å². The smallest absolute Gasteiger partial charge is 0.152 e. The molecule has 1 aromatic carbocycles. The third-order valence-corrected chi connectivity index (χ3v) is 2.51. The number of carbonyl (C=O) groups is 1. The molecule has 1 nitrogen and oxygen atoms in total. The van der Waals surface area contributed by atoms with Crippen molar-refractivity contribution in [2.24, 2.45) is 0 Å². The highest BCUT2D eigenvalue weighted by atomic mass is 35.5. The van der Waals surface area contributed by atoms with Gasteiger partial charge in [0.15, 0.2) is 5.78 Å². The summed E-state index contributed by atoms with van der Waals surface area (Å²) in [5.41, 5.74) is 0.778. The van der Waals surface area contributed by atoms with Crippen LogP contribution in [0.1, 0.15) is 5.56 Å². The van der Waals surface area contributed by atoms with Crippen molar-refractivity contribution in [3.05, 3.63) is 28.8 Å². The van der Waals surface area contributed by atoms with Gasteiger partial charge in [-0.3, -0.25) is 4.79 Å². The summed E-state index contributed by atoms with van der Waals surface area (Å²) in [4.78, 5) is 11.8. The highest BCUT2D eigenvalue weighted by molar-refractivity contribution is 7.80. The van der Waals surface area contributed by atoms with Gasteiger partial charge >= 0.3 is 0 Å². The van der Waals surface area contributed by atoms with Crippen molar-refractivity contribution in [2.45, 2.75) is 11.3 Å². The molecular formula is C9H8Cl2OS. The van der Waals surface area contributed by atoms with Crippen LogP contribution in [0.25, 0.3) is 0 Å². The maximum Gasteiger partial charge on any atom is 0.152 e. The van der Waals surface area contributed by atoms with Crippen molar-refractivity contribution < 1.29 is 4.79 Å². The Morgan fingerprint density at radius 1 is 1.46 bits per heavy atom. The standard InChI is InChI=1S/C9H8Cl2OS/c10-5-7(12)3-6-4-8(13)1-2-9(6)11/h1-2,4,13H,3,5H2. The van der Waals surface area contributed by atoms with E-state index in [0.29, 0.717) is 5.02 Å². The number of hydrogen-bond donors (Lipinski definition) is 1. The van der Waals surface area contributed by atoms with Crippen LogP contribution in [0.5, 0.6) is 0 Å². The zero-order chi connectivity index (χ0) is 9.84. The average Bonchev–Trinajstić information content (AvgIpc) is 2.11. The third-order valence-electron chi connectivity index (χ3n) is 1.57. The van der Waals surface area contributed by atoms with E-state index in [1.807, 2.05) is 0 Å². The van der Waals surface area contributed by atoms with Gasteiger partial charge in [-0.2, -0.15) is 0 Å². The van der Waals surface area contributed by atoms with E-state index in [-0.39, 0.29) is 18.1 Å². The molecule has 1 rings (SSSR count). The molecule has 0 saturated carbocycles. The topological polar surface area (TPSA) is 17.1 Å². The van der Waals surface area contributed by atoms with Gasteiger partial charge in [0.05, 0.1) is 5.88 Å². The van der Waals surface area contributed by atoms with E-state index in [1.165, 1.54) is 0 Å². The van der Waals surface area contributed by atoms with Crippen molar-refractivity contribution in [3.8, 4) is 0 Å². The molecule has 13 heavy (non-hydrogen) atoms. The van der Waals surface area contributed by atoms with Crippen LogP contribution in [0.2, 0.25) is 5.02 Å². The molecule has 0 aromatic heterocycles. The fraction of sp³-hybridized carbons (Fsp3) is 0.222. The molecule has 4 heteroatoms. The summed E-state index contributed by atoms with van der Waals surface area (Å²) >= 11 is 15.4. The van der Waals surface area contributed by atoms with Crippen LogP contribution in [0.4, 0.5) is 0 Å². The number of Topliss-reactive ketones (excluding diaryl/α,β-unsaturated/α-hetero) is 1. The number of rotatable bonds is 3. The van der Waals surface area contributed by atoms with Gasteiger partial charge in [-0.05, 0) is 23.8 Å². The Bertz CT molecular complexity index is 325. The molecule has 0 aliphatic carbocycles. The minimum Gasteiger partial charge on any atom is -0.298 e. The van der Waals surface area contributed by atoms with E-state index >= 15 is 0 Å². The van der Waals surface area contributed by atoms with Crippen LogP contribution in [0.15, 0.2) is 23.1 Å². The number of halogens is 2. The summed E-state index contributed by atoms with van der Waals surface area (Å²) in [6.45, 7) is 0. The Morgan fingerprint density at radius 3 is 2.77 bits per heavy atom. The Kier molecular flexibility index (Phi) is 4.10. The molecule has 0 saturated heterocycles. The molecule has 1 aromatic rings. The third kappa shape index (κ3) is 3.22. The first kappa shape index (κ1) is 10.9. The summed E-state index contributed by atoms with van der Waals surface area (Å²) in [7, 11) is 0. The Morgan fingerprint density at radius 2 is 2.15 bits per heavy atom. The molecule has 0 atom stereocenters. The first-order valence-electron chi connectivity index (χ1n) is 3.68. The molecule has 0 fully saturated rings. The highest BCUT2D eigenvalue weighted by Gasteiger charge is 2.05. The van der Waals surface area contributed by atoms with Crippen molar-refractivity contribution in [3.63, 3.8) is 0 Å². The van der Waals surface area contributed by atoms with Gasteiger partial charge in [0.25, 0.3) is 0 Å². The van der Waals surface area contributed by atoms with E-state index in [1.54, 1.807) is 18.2 Å². The lowest BCUT2D eigenvalue weighted by Crippen LogP contribution is -2.04. The summed E-state index contributed by atoms with van der Waals surface area (Å²) in [6.07, 6.45) is 0.275. The molecule has 0 bridgehead atoms. The first-order valence-corrected chi connectivity index (χ1v) is 5.04. The van der Waals surface area contributed by atoms with Crippen LogP contribution >= 0.6 is 35.8 Å². The molecule has 0 aliphatic heterocycles. The van der Waals surface area contributed by atoms with E-state index < -0.39 is 0 Å². The summed E-state index contributed by atoms with van der Waals surface area (Å²) in [5.74, 6) is -0.0184. The fourth-order valence-corrected chi connectivity index (χ4v) is 1.47. The Balaban J connectivity index is 2.87. The SMILES string of the molecule is O=C(CCl)Cc1cc(S)ccc1Cl. The molecule has 0 N–H and O–H groups in total. The minimum absolute atomic E-state index is 0.0210. The van der Waals surface area contributed by atoms with Crippen LogP contribution in [0, 0.1) is 0 Å². The monoisotopic (exact) mass is 234 g/mol. The molecule has 0 radical (unpaired) electrons. The molecule has 70 valence electrons. The van der Waals surface area contributed by atoms with Crippen LogP contribution in [0.3, 0.4) is 0 Å². The second kappa shape index (κ2) is 4.89. The van der Waals surface area contributed by atoms with Crippen molar-refractivity contribution in [2.75, 3.05) is 5.88 Å². The molecule has 0 aliphatic rings. The van der Waals surface area contributed by atoms with Crippen LogP contribution in [-0.4, -0.2) is 11.7 Å². The number of ketones is 1. The average molecular weight is 235 g/mol. The van der Waals surface area contributed by atoms with Gasteiger partial charge in [0.2, 0.25) is 0 Å². The number of thiol groups is 1. The van der Waals surface area contributed by atoms with Gasteiger partial charge in [-0.1, -0.05) is 11.6 Å². The minimum atomic E-state index is -0.0394. The number of carbonyl (C=O) groups excluding carboxylic acids is 1. The summed E-state index contributed by atoms with van der Waals surface area (Å²) in [5, 5.41) is 0.580. The van der Waals surface area contributed by atoms with Gasteiger partial charge in [-0.15, -0.1) is 24.2 Å². The Hall–Kier alpha value is -0.180. The van der Waals surface area contributed by atoms with Gasteiger partial charge in [-0.25, -0.2) is 0 Å². The fourth-order valence-electron chi connectivity index (χ4n) is 0.956. The maximum absolute atomic E-state index is 11.0. The quantitative estimate of drug-likeness (QED) is 0.629. The van der Waals surface area contributed by atoms with Crippen LogP contribution < -0.4 is 0 Å². The second-order valence-electron chi connectivity index (χ2n) is 2.62. The summed E-state index contributed by atoms with van der Waals surface area (Å²) < 4.78 is 0. The lowest BCUT2D eigenvalue weighted by atomic mass is 10.1. The maximum atomic E-state index is 11.0. The number of alkyl halides is 1. The zero-order valence-corrected chi connectivity index (χ0v) is 9.16. The van der Waals surface area contributed by atoms with Crippen LogP contribution in [-0.2, 0) is 11.2 Å². The molecule has 0 amide bonds. The van der Waals surface area contributed by atoms with Crippen molar-refractivity contribution in [1.82, 2.24) is 0 Å².